The van der Waals surface area contributed by atoms with Crippen molar-refractivity contribution >= 4 is 11.7 Å². The Labute approximate surface area is 79.1 Å². The van der Waals surface area contributed by atoms with Gasteiger partial charge in [0.1, 0.15) is 5.78 Å². The molecule has 0 spiro atoms. The topological polar surface area (TPSA) is 58.2 Å². The third-order valence-electron chi connectivity index (χ3n) is 1.63. The lowest BCUT2D eigenvalue weighted by Gasteiger charge is -2.03. The van der Waals surface area contributed by atoms with E-state index in [1.54, 1.807) is 0 Å². The summed E-state index contributed by atoms with van der Waals surface area (Å²) in [6.07, 6.45) is 1.58. The molecule has 4 heteroatoms. The Morgan fingerprint density at radius 3 is 2.38 bits per heavy atom. The Bertz CT molecular complexity index is 169. The Hall–Kier alpha value is -0.900. The van der Waals surface area contributed by atoms with Gasteiger partial charge in [-0.1, -0.05) is 0 Å². The van der Waals surface area contributed by atoms with Gasteiger partial charge in [-0.25, -0.2) is 0 Å². The molecular formula is C9H18N2O2. The second-order valence-corrected chi connectivity index (χ2v) is 3.01. The van der Waals surface area contributed by atoms with Gasteiger partial charge in [0.15, 0.2) is 0 Å². The fraction of sp³-hybridized carbons (Fsp3) is 0.778. The molecule has 0 radical (unpaired) electrons. The molecule has 0 aliphatic carbocycles. The van der Waals surface area contributed by atoms with Crippen LogP contribution in [0.2, 0.25) is 0 Å². The molecule has 76 valence electrons. The molecule has 0 saturated carbocycles. The van der Waals surface area contributed by atoms with Crippen LogP contribution in [0.1, 0.15) is 26.2 Å². The van der Waals surface area contributed by atoms with E-state index < -0.39 is 0 Å². The zero-order chi connectivity index (χ0) is 10.1. The normalized spacial score (nSPS) is 9.69. The summed E-state index contributed by atoms with van der Waals surface area (Å²) in [4.78, 5) is 21.6. The van der Waals surface area contributed by atoms with Crippen LogP contribution in [0.3, 0.4) is 0 Å². The Balaban J connectivity index is 3.25. The summed E-state index contributed by atoms with van der Waals surface area (Å²) in [6, 6.07) is 0. The highest BCUT2D eigenvalue weighted by Gasteiger charge is 2.01. The van der Waals surface area contributed by atoms with Gasteiger partial charge in [-0.05, 0) is 26.9 Å². The first kappa shape index (κ1) is 12.1. The van der Waals surface area contributed by atoms with Crippen molar-refractivity contribution in [1.82, 2.24) is 10.6 Å². The molecule has 4 nitrogen and oxygen atoms in total. The average Bonchev–Trinajstić information content (AvgIpc) is 2.09. The summed E-state index contributed by atoms with van der Waals surface area (Å²) in [7, 11) is 1.87. The maximum Gasteiger partial charge on any atom is 0.220 e. The van der Waals surface area contributed by atoms with Crippen molar-refractivity contribution in [1.29, 1.82) is 0 Å². The van der Waals surface area contributed by atoms with Crippen LogP contribution in [0, 0.1) is 0 Å². The first-order valence-corrected chi connectivity index (χ1v) is 4.57. The monoisotopic (exact) mass is 186 g/mol. The SMILES string of the molecule is CNCCCNC(=O)CCC(C)=O. The van der Waals surface area contributed by atoms with Crippen molar-refractivity contribution in [2.45, 2.75) is 26.2 Å². The maximum absolute atomic E-state index is 11.0. The van der Waals surface area contributed by atoms with Crippen LogP contribution in [0.15, 0.2) is 0 Å². The maximum atomic E-state index is 11.0. The van der Waals surface area contributed by atoms with Gasteiger partial charge in [-0.2, -0.15) is 0 Å². The van der Waals surface area contributed by atoms with Crippen molar-refractivity contribution in [3.05, 3.63) is 0 Å². The Morgan fingerprint density at radius 1 is 1.15 bits per heavy atom. The fourth-order valence-electron chi connectivity index (χ4n) is 0.871. The summed E-state index contributed by atoms with van der Waals surface area (Å²) in [5, 5.41) is 5.73. The third-order valence-corrected chi connectivity index (χ3v) is 1.63. The van der Waals surface area contributed by atoms with Crippen LogP contribution in [-0.2, 0) is 9.59 Å². The standard InChI is InChI=1S/C9H18N2O2/c1-8(12)4-5-9(13)11-7-3-6-10-2/h10H,3-7H2,1-2H3,(H,11,13). The molecule has 2 N–H and O–H groups in total. The minimum absolute atomic E-state index is 0.0358. The molecule has 0 aromatic rings. The van der Waals surface area contributed by atoms with Crippen molar-refractivity contribution in [3.8, 4) is 0 Å². The van der Waals surface area contributed by atoms with Gasteiger partial charge in [-0.3, -0.25) is 4.79 Å². The summed E-state index contributed by atoms with van der Waals surface area (Å²) >= 11 is 0. The highest BCUT2D eigenvalue weighted by Crippen LogP contribution is 1.89. The summed E-state index contributed by atoms with van der Waals surface area (Å²) in [5.74, 6) is 0.0247. The van der Waals surface area contributed by atoms with E-state index in [-0.39, 0.29) is 11.7 Å². The minimum atomic E-state index is -0.0358. The van der Waals surface area contributed by atoms with Gasteiger partial charge in [0, 0.05) is 19.4 Å². The fourth-order valence-corrected chi connectivity index (χ4v) is 0.871. The van der Waals surface area contributed by atoms with E-state index in [0.717, 1.165) is 13.0 Å². The smallest absolute Gasteiger partial charge is 0.220 e. The molecular weight excluding hydrogens is 168 g/mol. The van der Waals surface area contributed by atoms with Gasteiger partial charge < -0.3 is 15.4 Å². The predicted octanol–water partition coefficient (Wildman–Crippen LogP) is 0.0813. The molecule has 0 atom stereocenters. The van der Waals surface area contributed by atoms with Crippen LogP contribution < -0.4 is 10.6 Å². The molecule has 0 rings (SSSR count). The van der Waals surface area contributed by atoms with Crippen LogP contribution in [0.4, 0.5) is 0 Å². The predicted molar refractivity (Wildman–Crippen MR) is 51.5 cm³/mol. The lowest BCUT2D eigenvalue weighted by atomic mass is 10.2. The summed E-state index contributed by atoms with van der Waals surface area (Å²) in [5.41, 5.74) is 0. The highest BCUT2D eigenvalue weighted by molar-refractivity contribution is 5.83. The molecule has 0 aromatic carbocycles. The molecule has 0 saturated heterocycles. The molecule has 0 unspecified atom stereocenters. The minimum Gasteiger partial charge on any atom is -0.356 e. The van der Waals surface area contributed by atoms with E-state index >= 15 is 0 Å². The first-order valence-electron chi connectivity index (χ1n) is 4.57. The third kappa shape index (κ3) is 9.01. The largest absolute Gasteiger partial charge is 0.356 e. The van der Waals surface area contributed by atoms with Crippen LogP contribution in [0.5, 0.6) is 0 Å². The lowest BCUT2D eigenvalue weighted by molar-refractivity contribution is -0.124. The van der Waals surface area contributed by atoms with E-state index in [9.17, 15) is 9.59 Å². The zero-order valence-corrected chi connectivity index (χ0v) is 8.35. The number of Topliss-reactive ketones (excluding diaryl/α,β-unsaturated/α-hetero) is 1. The van der Waals surface area contributed by atoms with Crippen LogP contribution in [-0.4, -0.2) is 31.8 Å². The average molecular weight is 186 g/mol. The van der Waals surface area contributed by atoms with Crippen molar-refractivity contribution < 1.29 is 9.59 Å². The first-order chi connectivity index (χ1) is 6.16. The number of carbonyl (C=O) groups excluding carboxylic acids is 2. The van der Waals surface area contributed by atoms with Gasteiger partial charge in [0.25, 0.3) is 0 Å². The lowest BCUT2D eigenvalue weighted by Crippen LogP contribution is -2.26. The molecule has 13 heavy (non-hydrogen) atoms. The number of hydrogen-bond donors (Lipinski definition) is 2. The summed E-state index contributed by atoms with van der Waals surface area (Å²) < 4.78 is 0. The number of ketones is 1. The number of hydrogen-bond acceptors (Lipinski definition) is 3. The highest BCUT2D eigenvalue weighted by atomic mass is 16.2. The quantitative estimate of drug-likeness (QED) is 0.554. The molecule has 1 amide bonds. The number of carbonyl (C=O) groups is 2. The molecule has 0 aromatic heterocycles. The van der Waals surface area contributed by atoms with Crippen LogP contribution in [0.25, 0.3) is 0 Å². The van der Waals surface area contributed by atoms with E-state index in [1.165, 1.54) is 6.92 Å². The molecule has 0 fully saturated rings. The van der Waals surface area contributed by atoms with Crippen molar-refractivity contribution in [3.63, 3.8) is 0 Å². The Morgan fingerprint density at radius 2 is 1.85 bits per heavy atom. The number of rotatable bonds is 7. The summed E-state index contributed by atoms with van der Waals surface area (Å²) in [6.45, 7) is 3.07. The zero-order valence-electron chi connectivity index (χ0n) is 8.35. The van der Waals surface area contributed by atoms with Gasteiger partial charge in [0.2, 0.25) is 5.91 Å². The van der Waals surface area contributed by atoms with E-state index in [4.69, 9.17) is 0 Å². The molecule has 0 aliphatic rings. The van der Waals surface area contributed by atoms with Gasteiger partial charge >= 0.3 is 0 Å². The molecule has 0 bridgehead atoms. The van der Waals surface area contributed by atoms with E-state index in [1.807, 2.05) is 7.05 Å². The number of nitrogens with one attached hydrogen (secondary N) is 2. The van der Waals surface area contributed by atoms with E-state index in [2.05, 4.69) is 10.6 Å². The number of amides is 1. The van der Waals surface area contributed by atoms with Crippen molar-refractivity contribution in [2.75, 3.05) is 20.1 Å². The molecule has 0 heterocycles. The van der Waals surface area contributed by atoms with Crippen LogP contribution >= 0.6 is 0 Å². The van der Waals surface area contributed by atoms with Gasteiger partial charge in [-0.15, -0.1) is 0 Å². The second-order valence-electron chi connectivity index (χ2n) is 3.01. The van der Waals surface area contributed by atoms with Crippen molar-refractivity contribution in [2.24, 2.45) is 0 Å². The van der Waals surface area contributed by atoms with Gasteiger partial charge in [0.05, 0.1) is 0 Å². The molecule has 0 aliphatic heterocycles. The van der Waals surface area contributed by atoms with E-state index in [0.29, 0.717) is 19.4 Å². The Kier molecular flexibility index (Phi) is 7.20. The second kappa shape index (κ2) is 7.73.